The third-order valence-electron chi connectivity index (χ3n) is 4.96. The molecule has 28 heavy (non-hydrogen) atoms. The lowest BCUT2D eigenvalue weighted by Crippen LogP contribution is -2.50. The number of aliphatic hydroxyl groups excluding tert-OH is 1. The number of fused-ring (bicyclic) bond motifs is 1. The van der Waals surface area contributed by atoms with Crippen LogP contribution in [-0.4, -0.2) is 84.0 Å². The van der Waals surface area contributed by atoms with Crippen LogP contribution in [0.5, 0.6) is 0 Å². The van der Waals surface area contributed by atoms with E-state index in [1.54, 1.807) is 30.6 Å². The molecule has 3 heterocycles. The SMILES string of the molecule is O=C1c2ccccc2S(=O)(=O)N1CC(O)CN1CCN(c2ncccn2)CC1. The maximum absolute atomic E-state index is 12.6. The van der Waals surface area contributed by atoms with Crippen LogP contribution >= 0.6 is 0 Å². The van der Waals surface area contributed by atoms with Crippen molar-refractivity contribution in [2.75, 3.05) is 44.2 Å². The maximum atomic E-state index is 12.6. The summed E-state index contributed by atoms with van der Waals surface area (Å²) in [4.78, 5) is 25.0. The van der Waals surface area contributed by atoms with Crippen molar-refractivity contribution in [1.29, 1.82) is 0 Å². The highest BCUT2D eigenvalue weighted by molar-refractivity contribution is 7.90. The number of carbonyl (C=O) groups excluding carboxylic acids is 1. The second kappa shape index (κ2) is 7.46. The summed E-state index contributed by atoms with van der Waals surface area (Å²) >= 11 is 0. The van der Waals surface area contributed by atoms with Crippen molar-refractivity contribution in [2.24, 2.45) is 0 Å². The normalized spacial score (nSPS) is 20.2. The fraction of sp³-hybridized carbons (Fsp3) is 0.389. The number of hydrogen-bond acceptors (Lipinski definition) is 8. The quantitative estimate of drug-likeness (QED) is 0.732. The number of carbonyl (C=O) groups is 1. The molecule has 2 aliphatic heterocycles. The number of β-amino-alcohol motifs (C(OH)–C–C–N with tert-alkyl or cyclic N) is 1. The van der Waals surface area contributed by atoms with Crippen molar-refractivity contribution in [3.8, 4) is 0 Å². The largest absolute Gasteiger partial charge is 0.390 e. The fourth-order valence-electron chi connectivity index (χ4n) is 3.54. The molecule has 10 heteroatoms. The highest BCUT2D eigenvalue weighted by Gasteiger charge is 2.41. The molecular formula is C18H21N5O4S. The second-order valence-electron chi connectivity index (χ2n) is 6.83. The zero-order valence-electron chi connectivity index (χ0n) is 15.2. The molecule has 0 saturated carbocycles. The minimum Gasteiger partial charge on any atom is -0.390 e. The standard InChI is InChI=1S/C18H21N5O4S/c24-14(12-21-8-10-22(11-9-21)18-19-6-3-7-20-18)13-23-17(25)15-4-1-2-5-16(15)28(23,26)27/h1-7,14,24H,8-13H2. The average Bonchev–Trinajstić information content (AvgIpc) is 2.90. The van der Waals surface area contributed by atoms with Gasteiger partial charge in [0.15, 0.2) is 0 Å². The first-order valence-electron chi connectivity index (χ1n) is 9.05. The van der Waals surface area contributed by atoms with Crippen molar-refractivity contribution in [3.63, 3.8) is 0 Å². The topological polar surface area (TPSA) is 107 Å². The van der Waals surface area contributed by atoms with Gasteiger partial charge in [-0.2, -0.15) is 0 Å². The summed E-state index contributed by atoms with van der Waals surface area (Å²) < 4.78 is 25.9. The van der Waals surface area contributed by atoms with Gasteiger partial charge in [-0.05, 0) is 18.2 Å². The number of nitrogens with zero attached hydrogens (tertiary/aromatic N) is 5. The average molecular weight is 403 g/mol. The summed E-state index contributed by atoms with van der Waals surface area (Å²) in [5.41, 5.74) is 0.158. The fourth-order valence-corrected chi connectivity index (χ4v) is 5.15. The number of sulfonamides is 1. The molecule has 1 amide bonds. The first kappa shape index (κ1) is 18.8. The summed E-state index contributed by atoms with van der Waals surface area (Å²) in [5, 5.41) is 10.4. The molecule has 1 aromatic heterocycles. The monoisotopic (exact) mass is 403 g/mol. The summed E-state index contributed by atoms with van der Waals surface area (Å²) in [6, 6.07) is 7.88. The molecule has 0 aliphatic carbocycles. The molecule has 2 aliphatic rings. The van der Waals surface area contributed by atoms with Gasteiger partial charge < -0.3 is 10.0 Å². The summed E-state index contributed by atoms with van der Waals surface area (Å²) in [6.07, 6.45) is 2.43. The Balaban J connectivity index is 1.35. The Morgan fingerprint density at radius 2 is 1.68 bits per heavy atom. The van der Waals surface area contributed by atoms with Gasteiger partial charge in [-0.25, -0.2) is 22.7 Å². The van der Waals surface area contributed by atoms with E-state index in [-0.39, 0.29) is 17.0 Å². The van der Waals surface area contributed by atoms with Crippen molar-refractivity contribution >= 4 is 21.9 Å². The minimum absolute atomic E-state index is 0.00340. The van der Waals surface area contributed by atoms with Gasteiger partial charge >= 0.3 is 0 Å². The summed E-state index contributed by atoms with van der Waals surface area (Å²) in [6.45, 7) is 2.84. The predicted molar refractivity (Wildman–Crippen MR) is 101 cm³/mol. The lowest BCUT2D eigenvalue weighted by Gasteiger charge is -2.35. The molecule has 0 bridgehead atoms. The van der Waals surface area contributed by atoms with Gasteiger partial charge in [0.2, 0.25) is 5.95 Å². The Bertz CT molecular complexity index is 961. The number of aliphatic hydroxyl groups is 1. The second-order valence-corrected chi connectivity index (χ2v) is 8.66. The van der Waals surface area contributed by atoms with Crippen molar-refractivity contribution in [2.45, 2.75) is 11.0 Å². The molecule has 1 N–H and O–H groups in total. The number of hydrogen-bond donors (Lipinski definition) is 1. The molecule has 1 unspecified atom stereocenters. The molecule has 148 valence electrons. The van der Waals surface area contributed by atoms with Crippen molar-refractivity contribution in [1.82, 2.24) is 19.2 Å². The van der Waals surface area contributed by atoms with Gasteiger partial charge in [-0.15, -0.1) is 0 Å². The van der Waals surface area contributed by atoms with Gasteiger partial charge in [0, 0.05) is 45.1 Å². The number of benzene rings is 1. The first-order chi connectivity index (χ1) is 13.5. The van der Waals surface area contributed by atoms with Gasteiger partial charge in [0.25, 0.3) is 15.9 Å². The van der Waals surface area contributed by atoms with Crippen LogP contribution in [-0.2, 0) is 10.0 Å². The van der Waals surface area contributed by atoms with E-state index in [9.17, 15) is 18.3 Å². The van der Waals surface area contributed by atoms with Crippen LogP contribution in [0, 0.1) is 0 Å². The van der Waals surface area contributed by atoms with Crippen LogP contribution in [0.4, 0.5) is 5.95 Å². The van der Waals surface area contributed by atoms with E-state index >= 15 is 0 Å². The molecule has 4 rings (SSSR count). The van der Waals surface area contributed by atoms with Gasteiger partial charge in [-0.3, -0.25) is 9.69 Å². The van der Waals surface area contributed by atoms with Crippen LogP contribution in [0.25, 0.3) is 0 Å². The third-order valence-corrected chi connectivity index (χ3v) is 6.77. The van der Waals surface area contributed by atoms with E-state index in [4.69, 9.17) is 0 Å². The van der Waals surface area contributed by atoms with Crippen LogP contribution < -0.4 is 4.90 Å². The van der Waals surface area contributed by atoms with Gasteiger partial charge in [0.05, 0.1) is 18.2 Å². The van der Waals surface area contributed by atoms with E-state index in [1.165, 1.54) is 12.1 Å². The summed E-state index contributed by atoms with van der Waals surface area (Å²) in [7, 11) is -3.90. The molecule has 2 aromatic rings. The molecule has 1 atom stereocenters. The van der Waals surface area contributed by atoms with E-state index in [0.29, 0.717) is 38.7 Å². The van der Waals surface area contributed by atoms with Crippen molar-refractivity contribution in [3.05, 3.63) is 48.3 Å². The number of anilines is 1. The smallest absolute Gasteiger partial charge is 0.269 e. The Morgan fingerprint density at radius 1 is 1.00 bits per heavy atom. The molecule has 1 fully saturated rings. The molecule has 0 spiro atoms. The zero-order chi connectivity index (χ0) is 19.7. The highest BCUT2D eigenvalue weighted by Crippen LogP contribution is 2.29. The van der Waals surface area contributed by atoms with E-state index < -0.39 is 22.0 Å². The Hall–Kier alpha value is -2.56. The van der Waals surface area contributed by atoms with Crippen LogP contribution in [0.2, 0.25) is 0 Å². The Labute approximate surface area is 163 Å². The third kappa shape index (κ3) is 3.46. The lowest BCUT2D eigenvalue weighted by molar-refractivity contribution is 0.0700. The first-order valence-corrected chi connectivity index (χ1v) is 10.5. The highest BCUT2D eigenvalue weighted by atomic mass is 32.2. The van der Waals surface area contributed by atoms with E-state index in [2.05, 4.69) is 14.9 Å². The maximum Gasteiger partial charge on any atom is 0.269 e. The van der Waals surface area contributed by atoms with E-state index in [0.717, 1.165) is 4.31 Å². The molecule has 1 saturated heterocycles. The molecule has 0 radical (unpaired) electrons. The van der Waals surface area contributed by atoms with Gasteiger partial charge in [0.1, 0.15) is 4.90 Å². The summed E-state index contributed by atoms with van der Waals surface area (Å²) in [5.74, 6) is 0.0925. The molecule has 1 aromatic carbocycles. The Kier molecular flexibility index (Phi) is 5.00. The lowest BCUT2D eigenvalue weighted by atomic mass is 10.2. The molecule has 9 nitrogen and oxygen atoms in total. The minimum atomic E-state index is -3.90. The number of rotatable bonds is 5. The van der Waals surface area contributed by atoms with E-state index in [1.807, 2.05) is 4.90 Å². The van der Waals surface area contributed by atoms with Crippen molar-refractivity contribution < 1.29 is 18.3 Å². The molecular weight excluding hydrogens is 382 g/mol. The number of aromatic nitrogens is 2. The van der Waals surface area contributed by atoms with Crippen LogP contribution in [0.1, 0.15) is 10.4 Å². The predicted octanol–water partition coefficient (Wildman–Crippen LogP) is -0.196. The zero-order valence-corrected chi connectivity index (χ0v) is 16.0. The van der Waals surface area contributed by atoms with Crippen LogP contribution in [0.3, 0.4) is 0 Å². The van der Waals surface area contributed by atoms with Gasteiger partial charge in [-0.1, -0.05) is 12.1 Å². The number of amides is 1. The number of piperazine rings is 1. The Morgan fingerprint density at radius 3 is 2.36 bits per heavy atom. The van der Waals surface area contributed by atoms with Crippen LogP contribution in [0.15, 0.2) is 47.6 Å².